The van der Waals surface area contributed by atoms with E-state index < -0.39 is 79.5 Å². The Kier molecular flexibility index (Phi) is 7.95. The van der Waals surface area contributed by atoms with Gasteiger partial charge in [-0.2, -0.15) is 13.2 Å². The highest BCUT2D eigenvalue weighted by Gasteiger charge is 2.61. The van der Waals surface area contributed by atoms with E-state index in [1.165, 1.54) is 11.0 Å². The fraction of sp³-hybridized carbons (Fsp3) is 0.593. The smallest absolute Gasteiger partial charge is 0.373 e. The second-order valence-corrected chi connectivity index (χ2v) is 14.0. The van der Waals surface area contributed by atoms with Gasteiger partial charge in [0, 0.05) is 18.2 Å². The Morgan fingerprint density at radius 2 is 1.80 bits per heavy atom. The largest absolute Gasteiger partial charge is 0.419 e. The molecule has 1 saturated heterocycles. The van der Waals surface area contributed by atoms with Crippen LogP contribution in [0.3, 0.4) is 0 Å². The molecule has 2 aliphatic carbocycles. The maximum absolute atomic E-state index is 13.8. The fourth-order valence-corrected chi connectivity index (χ4v) is 6.50. The van der Waals surface area contributed by atoms with Crippen molar-refractivity contribution in [3.8, 4) is 0 Å². The molecule has 14 heteroatoms. The van der Waals surface area contributed by atoms with Crippen LogP contribution in [0.4, 0.5) is 23.2 Å². The first-order valence-electron chi connectivity index (χ1n) is 13.3. The second-order valence-electron chi connectivity index (χ2n) is 12.0. The highest BCUT2D eigenvalue weighted by atomic mass is 32.2. The van der Waals surface area contributed by atoms with Crippen LogP contribution < -0.4 is 15.4 Å². The van der Waals surface area contributed by atoms with Crippen LogP contribution >= 0.6 is 0 Å². The molecule has 1 aliphatic heterocycles. The van der Waals surface area contributed by atoms with E-state index in [-0.39, 0.29) is 25.1 Å². The number of hydrogen-bond donors (Lipinski definition) is 3. The maximum Gasteiger partial charge on any atom is 0.419 e. The van der Waals surface area contributed by atoms with E-state index >= 15 is 0 Å². The first-order chi connectivity index (χ1) is 18.9. The lowest BCUT2D eigenvalue weighted by Gasteiger charge is -2.36. The molecule has 9 nitrogen and oxygen atoms in total. The van der Waals surface area contributed by atoms with Crippen molar-refractivity contribution in [2.24, 2.45) is 11.3 Å². The molecule has 4 rings (SSSR count). The Labute approximate surface area is 236 Å². The van der Waals surface area contributed by atoms with Crippen molar-refractivity contribution < 1.29 is 40.4 Å². The Bertz CT molecular complexity index is 1360. The predicted molar refractivity (Wildman–Crippen MR) is 142 cm³/mol. The number of rotatable bonds is 9. The van der Waals surface area contributed by atoms with Gasteiger partial charge in [0.2, 0.25) is 21.8 Å². The number of likely N-dealkylation sites (tertiary alicyclic amines) is 1. The van der Waals surface area contributed by atoms with Crippen molar-refractivity contribution >= 4 is 33.4 Å². The van der Waals surface area contributed by atoms with Crippen LogP contribution in [0, 0.1) is 17.2 Å². The van der Waals surface area contributed by atoms with Gasteiger partial charge >= 0.3 is 6.18 Å². The lowest BCUT2D eigenvalue weighted by atomic mass is 9.85. The molecule has 0 radical (unpaired) electrons. The first-order valence-corrected chi connectivity index (χ1v) is 14.9. The third-order valence-electron chi connectivity index (χ3n) is 7.78. The summed E-state index contributed by atoms with van der Waals surface area (Å²) in [6.45, 7) is 8.93. The molecule has 41 heavy (non-hydrogen) atoms. The van der Waals surface area contributed by atoms with Gasteiger partial charge in [0.05, 0.1) is 10.8 Å². The number of benzene rings is 1. The number of carbonyl (C=O) groups is 3. The number of anilines is 1. The molecule has 226 valence electrons. The van der Waals surface area contributed by atoms with Gasteiger partial charge in [0.15, 0.2) is 0 Å². The SMILES string of the molecule is C=CC1C[C@]1(NC(=O)C1CCCN1C(=O)[C@@H](Nc1ccc(F)c(C(F)(F)F)c1)C(C)(C)C)C(=O)NS(=O)(=O)C1CC1. The van der Waals surface area contributed by atoms with Gasteiger partial charge in [0.1, 0.15) is 23.4 Å². The van der Waals surface area contributed by atoms with Crippen LogP contribution in [-0.2, 0) is 30.6 Å². The number of amides is 3. The van der Waals surface area contributed by atoms with E-state index in [1.807, 2.05) is 0 Å². The van der Waals surface area contributed by atoms with Crippen molar-refractivity contribution in [2.75, 3.05) is 11.9 Å². The lowest BCUT2D eigenvalue weighted by Crippen LogP contribution is -2.58. The van der Waals surface area contributed by atoms with Crippen LogP contribution in [0.5, 0.6) is 0 Å². The summed E-state index contributed by atoms with van der Waals surface area (Å²) in [5, 5.41) is 4.82. The van der Waals surface area contributed by atoms with Gasteiger partial charge < -0.3 is 15.5 Å². The number of nitrogens with one attached hydrogen (secondary N) is 3. The first kappa shape index (κ1) is 30.8. The molecule has 1 aromatic rings. The molecule has 1 heterocycles. The zero-order valence-corrected chi connectivity index (χ0v) is 23.8. The van der Waals surface area contributed by atoms with Crippen LogP contribution in [-0.4, -0.2) is 60.5 Å². The topological polar surface area (TPSA) is 125 Å². The molecule has 4 atom stereocenters. The van der Waals surface area contributed by atoms with Gasteiger partial charge in [-0.25, -0.2) is 12.8 Å². The molecule has 0 bridgehead atoms. The van der Waals surface area contributed by atoms with Crippen molar-refractivity contribution in [2.45, 2.75) is 81.9 Å². The molecule has 3 fully saturated rings. The number of hydrogen-bond acceptors (Lipinski definition) is 6. The highest BCUT2D eigenvalue weighted by molar-refractivity contribution is 7.91. The Morgan fingerprint density at radius 3 is 2.34 bits per heavy atom. The molecule has 3 N–H and O–H groups in total. The van der Waals surface area contributed by atoms with Gasteiger partial charge in [-0.05, 0) is 55.7 Å². The quantitative estimate of drug-likeness (QED) is 0.294. The molecule has 2 unspecified atom stereocenters. The Balaban J connectivity index is 1.53. The minimum atomic E-state index is -4.94. The second kappa shape index (κ2) is 10.6. The molecule has 3 amide bonds. The molecule has 0 spiro atoms. The summed E-state index contributed by atoms with van der Waals surface area (Å²) in [4.78, 5) is 41.6. The highest BCUT2D eigenvalue weighted by Crippen LogP contribution is 2.45. The Morgan fingerprint density at radius 1 is 1.15 bits per heavy atom. The summed E-state index contributed by atoms with van der Waals surface area (Å²) in [5.41, 5.74) is -3.95. The summed E-state index contributed by atoms with van der Waals surface area (Å²) in [6.07, 6.45) is -1.72. The van der Waals surface area contributed by atoms with E-state index in [0.29, 0.717) is 31.4 Å². The van der Waals surface area contributed by atoms with Crippen molar-refractivity contribution in [3.05, 3.63) is 42.2 Å². The van der Waals surface area contributed by atoms with E-state index in [1.54, 1.807) is 20.8 Å². The Hall–Kier alpha value is -3.16. The van der Waals surface area contributed by atoms with E-state index in [9.17, 15) is 40.4 Å². The van der Waals surface area contributed by atoms with Crippen molar-refractivity contribution in [3.63, 3.8) is 0 Å². The maximum atomic E-state index is 13.8. The van der Waals surface area contributed by atoms with Gasteiger partial charge in [-0.3, -0.25) is 19.1 Å². The standard InChI is InChI=1S/C27H34F4N4O5S/c1-5-15-14-26(15,24(38)34-41(39,40)17-9-10-17)33-22(36)20-7-6-12-35(20)23(37)21(25(2,3)4)32-16-8-11-19(28)18(13-16)27(29,30)31/h5,8,11,13,15,17,20-21,32H,1,6-7,9-10,12,14H2,2-4H3,(H,33,36)(H,34,38)/t15?,20?,21-,26-/m1/s1. The van der Waals surface area contributed by atoms with Crippen LogP contribution in [0.15, 0.2) is 30.9 Å². The van der Waals surface area contributed by atoms with Crippen molar-refractivity contribution in [1.82, 2.24) is 14.9 Å². The minimum Gasteiger partial charge on any atom is -0.373 e. The molecular formula is C27H34F4N4O5S. The van der Waals surface area contributed by atoms with E-state index in [2.05, 4.69) is 21.9 Å². The predicted octanol–water partition coefficient (Wildman–Crippen LogP) is 3.33. The normalized spacial score (nSPS) is 25.3. The number of nitrogens with zero attached hydrogens (tertiary/aromatic N) is 1. The summed E-state index contributed by atoms with van der Waals surface area (Å²) in [7, 11) is -3.86. The summed E-state index contributed by atoms with van der Waals surface area (Å²) < 4.78 is 80.4. The van der Waals surface area contributed by atoms with Crippen LogP contribution in [0.25, 0.3) is 0 Å². The number of alkyl halides is 3. The van der Waals surface area contributed by atoms with E-state index in [4.69, 9.17) is 0 Å². The number of halogens is 4. The number of sulfonamides is 1. The summed E-state index contributed by atoms with van der Waals surface area (Å²) >= 11 is 0. The molecule has 2 saturated carbocycles. The average Bonchev–Trinajstić information content (AvgIpc) is 3.78. The summed E-state index contributed by atoms with van der Waals surface area (Å²) in [6, 6.07) is 0.275. The zero-order chi connectivity index (χ0) is 30.5. The minimum absolute atomic E-state index is 0.119. The third kappa shape index (κ3) is 6.36. The molecular weight excluding hydrogens is 568 g/mol. The molecule has 1 aromatic carbocycles. The van der Waals surface area contributed by atoms with Crippen molar-refractivity contribution in [1.29, 1.82) is 0 Å². The lowest BCUT2D eigenvalue weighted by molar-refractivity contribution is -0.141. The third-order valence-corrected chi connectivity index (χ3v) is 9.60. The monoisotopic (exact) mass is 602 g/mol. The molecule has 3 aliphatic rings. The summed E-state index contributed by atoms with van der Waals surface area (Å²) in [5.74, 6) is -4.01. The van der Waals surface area contributed by atoms with Gasteiger partial charge in [-0.15, -0.1) is 6.58 Å². The van der Waals surface area contributed by atoms with E-state index in [0.717, 1.165) is 6.07 Å². The average molecular weight is 603 g/mol. The van der Waals surface area contributed by atoms with Crippen LogP contribution in [0.2, 0.25) is 0 Å². The van der Waals surface area contributed by atoms with Crippen LogP contribution in [0.1, 0.15) is 58.4 Å². The number of carbonyl (C=O) groups excluding carboxylic acids is 3. The van der Waals surface area contributed by atoms with Gasteiger partial charge in [0.25, 0.3) is 5.91 Å². The van der Waals surface area contributed by atoms with Gasteiger partial charge in [-0.1, -0.05) is 26.8 Å². The fourth-order valence-electron chi connectivity index (χ4n) is 5.14. The molecule has 0 aromatic heterocycles. The zero-order valence-electron chi connectivity index (χ0n) is 23.0.